The molecule has 5 nitrogen and oxygen atoms in total. The number of nitrogens with one attached hydrogen (secondary N) is 3. The van der Waals surface area contributed by atoms with E-state index >= 15 is 0 Å². The van der Waals surface area contributed by atoms with Crippen LogP contribution in [0.25, 0.3) is 0 Å². The number of hydrogen-bond acceptors (Lipinski definition) is 4. The van der Waals surface area contributed by atoms with Crippen molar-refractivity contribution in [1.82, 2.24) is 16.0 Å². The second-order valence-corrected chi connectivity index (χ2v) is 13.0. The van der Waals surface area contributed by atoms with E-state index in [0.717, 1.165) is 0 Å². The Morgan fingerprint density at radius 2 is 0.615 bits per heavy atom. The molecule has 0 bridgehead atoms. The van der Waals surface area contributed by atoms with E-state index in [4.69, 9.17) is 9.79 Å². The van der Waals surface area contributed by atoms with Gasteiger partial charge in [-0.25, -0.2) is 0 Å². The standard InChI is InChI=1S/3C6H15N.H3O2PS2/c3*1-5(2)7-6(3)4;1-3(2,4)5/h3*5-7H,1-4H3;(H3,1,2,4,5). The SMILES string of the molecule is CC(C)NC(C)C.CC(C)NC(C)C.CC(C)NC(C)C.OP(O)(=S)S. The first kappa shape index (κ1) is 34.3. The molecule has 5 N–H and O–H groups in total. The van der Waals surface area contributed by atoms with Gasteiger partial charge in [-0.15, -0.1) is 0 Å². The summed E-state index contributed by atoms with van der Waals surface area (Å²) in [6.45, 7) is 25.8. The van der Waals surface area contributed by atoms with E-state index in [9.17, 15) is 0 Å². The molecule has 0 atom stereocenters. The summed E-state index contributed by atoms with van der Waals surface area (Å²) in [4.78, 5) is 15.7. The van der Waals surface area contributed by atoms with Crippen molar-refractivity contribution in [2.24, 2.45) is 0 Å². The molecule has 0 saturated carbocycles. The van der Waals surface area contributed by atoms with Gasteiger partial charge in [0.2, 0.25) is 5.69 Å². The third-order valence-electron chi connectivity index (χ3n) is 2.00. The summed E-state index contributed by atoms with van der Waals surface area (Å²) in [7, 11) is 0. The van der Waals surface area contributed by atoms with Gasteiger partial charge in [0.05, 0.1) is 0 Å². The zero-order valence-corrected chi connectivity index (χ0v) is 21.8. The van der Waals surface area contributed by atoms with Crippen LogP contribution in [-0.2, 0) is 11.8 Å². The quantitative estimate of drug-likeness (QED) is 0.277. The molecule has 0 aromatic carbocycles. The normalized spacial score (nSPS) is 11.3. The molecule has 0 aliphatic heterocycles. The molecule has 26 heavy (non-hydrogen) atoms. The van der Waals surface area contributed by atoms with Gasteiger partial charge in [-0.05, 0) is 11.8 Å². The highest BCUT2D eigenvalue weighted by atomic mass is 32.9. The van der Waals surface area contributed by atoms with Crippen LogP contribution in [0, 0.1) is 0 Å². The fraction of sp³-hybridized carbons (Fsp3) is 1.00. The highest BCUT2D eigenvalue weighted by Gasteiger charge is 1.93. The van der Waals surface area contributed by atoms with Gasteiger partial charge in [0.25, 0.3) is 0 Å². The summed E-state index contributed by atoms with van der Waals surface area (Å²) < 4.78 is 0. The van der Waals surface area contributed by atoms with Crippen LogP contribution in [0.1, 0.15) is 83.1 Å². The van der Waals surface area contributed by atoms with E-state index < -0.39 is 5.69 Å². The first-order valence-corrected chi connectivity index (χ1v) is 13.3. The van der Waals surface area contributed by atoms with Crippen LogP contribution in [0.15, 0.2) is 0 Å². The van der Waals surface area contributed by atoms with Crippen molar-refractivity contribution in [1.29, 1.82) is 0 Å². The van der Waals surface area contributed by atoms with Crippen molar-refractivity contribution in [2.75, 3.05) is 0 Å². The van der Waals surface area contributed by atoms with Gasteiger partial charge in [-0.3, -0.25) is 0 Å². The number of thiol groups is 1. The van der Waals surface area contributed by atoms with Crippen LogP contribution in [0.4, 0.5) is 0 Å². The maximum Gasteiger partial charge on any atom is 0.239 e. The number of rotatable bonds is 6. The molecule has 0 fully saturated rings. The van der Waals surface area contributed by atoms with Crippen molar-refractivity contribution in [3.8, 4) is 0 Å². The van der Waals surface area contributed by atoms with Gasteiger partial charge in [-0.1, -0.05) is 95.3 Å². The molecule has 0 aliphatic rings. The molecule has 0 heterocycles. The smallest absolute Gasteiger partial charge is 0.239 e. The van der Waals surface area contributed by atoms with E-state index in [2.05, 4.69) is 123 Å². The Hall–Kier alpha value is 0.800. The van der Waals surface area contributed by atoms with Crippen LogP contribution < -0.4 is 16.0 Å². The molecule has 0 saturated heterocycles. The van der Waals surface area contributed by atoms with Gasteiger partial charge in [-0.2, -0.15) is 0 Å². The Kier molecular flexibility index (Phi) is 27.1. The topological polar surface area (TPSA) is 76.5 Å². The summed E-state index contributed by atoms with van der Waals surface area (Å²) in [6, 6.07) is 3.75. The molecule has 0 unspecified atom stereocenters. The monoisotopic (exact) mass is 433 g/mol. The Morgan fingerprint density at radius 1 is 0.538 bits per heavy atom. The molecular weight excluding hydrogens is 385 g/mol. The third-order valence-corrected chi connectivity index (χ3v) is 2.00. The zero-order chi connectivity index (χ0) is 22.1. The van der Waals surface area contributed by atoms with E-state index in [1.165, 1.54) is 0 Å². The first-order chi connectivity index (χ1) is 11.4. The van der Waals surface area contributed by atoms with Crippen molar-refractivity contribution < 1.29 is 9.79 Å². The maximum atomic E-state index is 7.87. The Bertz CT molecular complexity index is 262. The van der Waals surface area contributed by atoms with E-state index in [0.29, 0.717) is 36.3 Å². The van der Waals surface area contributed by atoms with Crippen LogP contribution in [0.2, 0.25) is 0 Å². The van der Waals surface area contributed by atoms with Gasteiger partial charge in [0.1, 0.15) is 0 Å². The summed E-state index contributed by atoms with van der Waals surface area (Å²) in [6.07, 6.45) is 0. The number of hydrogen-bond donors (Lipinski definition) is 6. The molecule has 0 radical (unpaired) electrons. The van der Waals surface area contributed by atoms with Gasteiger partial charge < -0.3 is 25.7 Å². The average Bonchev–Trinajstić information content (AvgIpc) is 2.20. The second-order valence-electron chi connectivity index (χ2n) is 7.94. The fourth-order valence-electron chi connectivity index (χ4n) is 2.00. The van der Waals surface area contributed by atoms with E-state index in [1.54, 1.807) is 0 Å². The van der Waals surface area contributed by atoms with Crippen molar-refractivity contribution >= 4 is 29.7 Å². The average molecular weight is 434 g/mol. The lowest BCUT2D eigenvalue weighted by Crippen LogP contribution is -2.29. The highest BCUT2D eigenvalue weighted by molar-refractivity contribution is 8.59. The minimum absolute atomic E-state index is 0.625. The van der Waals surface area contributed by atoms with E-state index in [1.807, 2.05) is 0 Å². The van der Waals surface area contributed by atoms with Gasteiger partial charge in [0, 0.05) is 36.3 Å². The predicted octanol–water partition coefficient (Wildman–Crippen LogP) is 4.30. The Morgan fingerprint density at radius 3 is 0.615 bits per heavy atom. The Labute approximate surface area is 174 Å². The Balaban J connectivity index is -0.000000125. The third kappa shape index (κ3) is 85.7. The first-order valence-electron chi connectivity index (χ1n) is 9.44. The minimum atomic E-state index is -3.11. The fourth-order valence-corrected chi connectivity index (χ4v) is 2.00. The second kappa shape index (κ2) is 20.5. The lowest BCUT2D eigenvalue weighted by molar-refractivity contribution is 0.502. The molecule has 0 amide bonds. The maximum absolute atomic E-state index is 7.87. The minimum Gasteiger partial charge on any atom is -0.338 e. The lowest BCUT2D eigenvalue weighted by Gasteiger charge is -2.10. The highest BCUT2D eigenvalue weighted by Crippen LogP contribution is 2.39. The van der Waals surface area contributed by atoms with Crippen LogP contribution in [-0.4, -0.2) is 46.0 Å². The largest absolute Gasteiger partial charge is 0.338 e. The summed E-state index contributed by atoms with van der Waals surface area (Å²) >= 11 is 7.07. The van der Waals surface area contributed by atoms with Crippen molar-refractivity contribution in [3.63, 3.8) is 0 Å². The van der Waals surface area contributed by atoms with Crippen molar-refractivity contribution in [3.05, 3.63) is 0 Å². The molecule has 8 heteroatoms. The van der Waals surface area contributed by atoms with Gasteiger partial charge in [0.15, 0.2) is 0 Å². The molecule has 0 aliphatic carbocycles. The summed E-state index contributed by atoms with van der Waals surface area (Å²) in [5.74, 6) is 0. The molecule has 0 aromatic rings. The molecule has 164 valence electrons. The molecule has 0 spiro atoms. The molecular formula is C18H48N3O2PS2. The summed E-state index contributed by atoms with van der Waals surface area (Å²) in [5, 5.41) is 9.92. The predicted molar refractivity (Wildman–Crippen MR) is 128 cm³/mol. The van der Waals surface area contributed by atoms with Crippen LogP contribution in [0.5, 0.6) is 0 Å². The van der Waals surface area contributed by atoms with Crippen LogP contribution in [0.3, 0.4) is 0 Å². The lowest BCUT2D eigenvalue weighted by atomic mass is 10.3. The van der Waals surface area contributed by atoms with Gasteiger partial charge >= 0.3 is 0 Å². The van der Waals surface area contributed by atoms with Crippen LogP contribution >= 0.6 is 17.9 Å². The molecule has 0 aromatic heterocycles. The zero-order valence-electron chi connectivity index (χ0n) is 19.2. The van der Waals surface area contributed by atoms with E-state index in [-0.39, 0.29) is 0 Å². The molecule has 0 rings (SSSR count). The van der Waals surface area contributed by atoms with Crippen molar-refractivity contribution in [2.45, 2.75) is 119 Å². The summed E-state index contributed by atoms with van der Waals surface area (Å²) in [5.41, 5.74) is -3.11.